The van der Waals surface area contributed by atoms with Gasteiger partial charge in [0.1, 0.15) is 5.41 Å². The number of para-hydroxylation sites is 2. The van der Waals surface area contributed by atoms with E-state index in [-0.39, 0.29) is 11.7 Å². The summed E-state index contributed by atoms with van der Waals surface area (Å²) >= 11 is 0. The average molecular weight is 292 g/mol. The van der Waals surface area contributed by atoms with Crippen molar-refractivity contribution < 1.29 is 19.1 Å². The van der Waals surface area contributed by atoms with E-state index in [1.807, 2.05) is 20.8 Å². The molecule has 4 heteroatoms. The largest absolute Gasteiger partial charge is 0.493 e. The van der Waals surface area contributed by atoms with Crippen LogP contribution in [0.25, 0.3) is 0 Å². The van der Waals surface area contributed by atoms with Crippen molar-refractivity contribution in [2.75, 3.05) is 7.11 Å². The van der Waals surface area contributed by atoms with Crippen LogP contribution < -0.4 is 9.47 Å². The Morgan fingerprint density at radius 3 is 2.24 bits per heavy atom. The van der Waals surface area contributed by atoms with Crippen LogP contribution >= 0.6 is 0 Å². The van der Waals surface area contributed by atoms with Gasteiger partial charge in [-0.3, -0.25) is 9.59 Å². The predicted octanol–water partition coefficient (Wildman–Crippen LogP) is 3.63. The number of carbonyl (C=O) groups excluding carboxylic acids is 2. The molecule has 0 spiro atoms. The molecule has 0 heterocycles. The third-order valence-electron chi connectivity index (χ3n) is 4.03. The molecule has 21 heavy (non-hydrogen) atoms. The molecule has 116 valence electrons. The molecule has 0 aliphatic rings. The molecule has 1 aromatic rings. The second-order valence-electron chi connectivity index (χ2n) is 5.40. The first-order valence-corrected chi connectivity index (χ1v) is 7.30. The summed E-state index contributed by atoms with van der Waals surface area (Å²) in [6.07, 6.45) is 1.11. The lowest BCUT2D eigenvalue weighted by molar-refractivity contribution is -0.153. The van der Waals surface area contributed by atoms with E-state index in [0.717, 1.165) is 0 Å². The van der Waals surface area contributed by atoms with Gasteiger partial charge in [-0.1, -0.05) is 32.9 Å². The summed E-state index contributed by atoms with van der Waals surface area (Å²) in [6.45, 7) is 7.25. The van der Waals surface area contributed by atoms with E-state index < -0.39 is 11.4 Å². The maximum atomic E-state index is 12.5. The summed E-state index contributed by atoms with van der Waals surface area (Å²) in [4.78, 5) is 25.0. The van der Waals surface area contributed by atoms with Gasteiger partial charge < -0.3 is 9.47 Å². The highest BCUT2D eigenvalue weighted by Crippen LogP contribution is 2.33. The fourth-order valence-corrected chi connectivity index (χ4v) is 2.06. The molecule has 0 N–H and O–H groups in total. The zero-order chi connectivity index (χ0) is 16.0. The maximum Gasteiger partial charge on any atom is 0.324 e. The van der Waals surface area contributed by atoms with E-state index in [9.17, 15) is 9.59 Å². The van der Waals surface area contributed by atoms with Crippen LogP contribution in [0.1, 0.15) is 40.5 Å². The Morgan fingerprint density at radius 2 is 1.76 bits per heavy atom. The molecule has 1 rings (SSSR count). The van der Waals surface area contributed by atoms with Gasteiger partial charge in [0.05, 0.1) is 7.11 Å². The number of esters is 1. The Hall–Kier alpha value is -1.84. The van der Waals surface area contributed by atoms with Crippen LogP contribution in [-0.2, 0) is 9.59 Å². The van der Waals surface area contributed by atoms with Crippen molar-refractivity contribution in [1.29, 1.82) is 0 Å². The Bertz CT molecular complexity index is 509. The fraction of sp³-hybridized carbons (Fsp3) is 0.529. The van der Waals surface area contributed by atoms with E-state index >= 15 is 0 Å². The van der Waals surface area contributed by atoms with Crippen molar-refractivity contribution in [3.63, 3.8) is 0 Å². The third-order valence-corrected chi connectivity index (χ3v) is 4.03. The van der Waals surface area contributed by atoms with E-state index in [4.69, 9.17) is 9.47 Å². The van der Waals surface area contributed by atoms with Crippen molar-refractivity contribution in [2.45, 2.75) is 40.5 Å². The molecular weight excluding hydrogens is 268 g/mol. The molecule has 0 aliphatic carbocycles. The molecule has 0 bridgehead atoms. The Morgan fingerprint density at radius 1 is 1.19 bits per heavy atom. The molecule has 4 nitrogen and oxygen atoms in total. The Kier molecular flexibility index (Phi) is 5.94. The topological polar surface area (TPSA) is 52.6 Å². The van der Waals surface area contributed by atoms with Crippen LogP contribution in [0.2, 0.25) is 0 Å². The van der Waals surface area contributed by atoms with Crippen molar-refractivity contribution in [3.05, 3.63) is 24.3 Å². The molecule has 0 fully saturated rings. The van der Waals surface area contributed by atoms with Crippen LogP contribution in [-0.4, -0.2) is 18.9 Å². The highest BCUT2D eigenvalue weighted by Gasteiger charge is 2.42. The first kappa shape index (κ1) is 17.2. The van der Waals surface area contributed by atoms with E-state index in [0.29, 0.717) is 24.3 Å². The third kappa shape index (κ3) is 3.63. The van der Waals surface area contributed by atoms with Gasteiger partial charge in [0.15, 0.2) is 17.3 Å². The van der Waals surface area contributed by atoms with Gasteiger partial charge in [-0.2, -0.15) is 0 Å². The van der Waals surface area contributed by atoms with Gasteiger partial charge in [0.2, 0.25) is 0 Å². The summed E-state index contributed by atoms with van der Waals surface area (Å²) in [5.74, 6) is 0.0364. The van der Waals surface area contributed by atoms with Gasteiger partial charge in [-0.25, -0.2) is 0 Å². The monoisotopic (exact) mass is 292 g/mol. The van der Waals surface area contributed by atoms with Crippen molar-refractivity contribution in [3.8, 4) is 11.5 Å². The molecule has 0 radical (unpaired) electrons. The number of carbonyl (C=O) groups is 2. The maximum absolute atomic E-state index is 12.5. The standard InChI is InChI=1S/C17H24O4/c1-6-12(3)15(18)17(4,7-2)16(19)21-14-11-9-8-10-13(14)20-5/h8-12H,6-7H2,1-5H3. The second kappa shape index (κ2) is 7.25. The van der Waals surface area contributed by atoms with Gasteiger partial charge in [0, 0.05) is 5.92 Å². The Balaban J connectivity index is 3.01. The lowest BCUT2D eigenvalue weighted by atomic mass is 9.77. The van der Waals surface area contributed by atoms with Crippen molar-refractivity contribution in [1.82, 2.24) is 0 Å². The quantitative estimate of drug-likeness (QED) is 0.437. The molecule has 1 aromatic carbocycles. The minimum Gasteiger partial charge on any atom is -0.493 e. The minimum atomic E-state index is -1.13. The van der Waals surface area contributed by atoms with Crippen LogP contribution in [0.4, 0.5) is 0 Å². The molecule has 0 aromatic heterocycles. The van der Waals surface area contributed by atoms with E-state index in [1.54, 1.807) is 31.2 Å². The molecule has 0 saturated carbocycles. The second-order valence-corrected chi connectivity index (χ2v) is 5.40. The first-order valence-electron chi connectivity index (χ1n) is 7.30. The van der Waals surface area contributed by atoms with Crippen molar-refractivity contribution in [2.24, 2.45) is 11.3 Å². The summed E-state index contributed by atoms with van der Waals surface area (Å²) in [7, 11) is 1.51. The van der Waals surface area contributed by atoms with Gasteiger partial charge in [-0.05, 0) is 31.9 Å². The number of ketones is 1. The zero-order valence-electron chi connectivity index (χ0n) is 13.4. The van der Waals surface area contributed by atoms with Crippen LogP contribution in [0.3, 0.4) is 0 Å². The average Bonchev–Trinajstić information content (AvgIpc) is 2.52. The van der Waals surface area contributed by atoms with E-state index in [2.05, 4.69) is 0 Å². The number of hydrogen-bond donors (Lipinski definition) is 0. The van der Waals surface area contributed by atoms with Crippen molar-refractivity contribution >= 4 is 11.8 Å². The van der Waals surface area contributed by atoms with E-state index in [1.165, 1.54) is 7.11 Å². The normalized spacial score (nSPS) is 14.9. The predicted molar refractivity (Wildman–Crippen MR) is 81.5 cm³/mol. The molecule has 2 unspecified atom stereocenters. The van der Waals surface area contributed by atoms with Crippen LogP contribution in [0.15, 0.2) is 24.3 Å². The Labute approximate surface area is 126 Å². The van der Waals surface area contributed by atoms with Crippen LogP contribution in [0.5, 0.6) is 11.5 Å². The number of methoxy groups -OCH3 is 1. The molecule has 0 saturated heterocycles. The summed E-state index contributed by atoms with van der Waals surface area (Å²) in [6, 6.07) is 6.91. The highest BCUT2D eigenvalue weighted by atomic mass is 16.6. The van der Waals surface area contributed by atoms with Gasteiger partial charge in [0.25, 0.3) is 0 Å². The summed E-state index contributed by atoms with van der Waals surface area (Å²) < 4.78 is 10.6. The number of benzene rings is 1. The first-order chi connectivity index (χ1) is 9.90. The fourth-order valence-electron chi connectivity index (χ4n) is 2.06. The molecule has 0 aliphatic heterocycles. The number of Topliss-reactive ketones (excluding diaryl/α,β-unsaturated/α-hetero) is 1. The molecule has 0 amide bonds. The summed E-state index contributed by atoms with van der Waals surface area (Å²) in [5, 5.41) is 0. The lowest BCUT2D eigenvalue weighted by Crippen LogP contribution is -2.41. The number of rotatable bonds is 7. The number of hydrogen-bond acceptors (Lipinski definition) is 4. The zero-order valence-corrected chi connectivity index (χ0v) is 13.4. The number of ether oxygens (including phenoxy) is 2. The highest BCUT2D eigenvalue weighted by molar-refractivity contribution is 6.05. The molecule has 2 atom stereocenters. The smallest absolute Gasteiger partial charge is 0.324 e. The minimum absolute atomic E-state index is 0.0765. The molecular formula is C17H24O4. The van der Waals surface area contributed by atoms with Gasteiger partial charge >= 0.3 is 5.97 Å². The van der Waals surface area contributed by atoms with Gasteiger partial charge in [-0.15, -0.1) is 0 Å². The SMILES string of the molecule is CCC(C)C(=O)C(C)(CC)C(=O)Oc1ccccc1OC. The van der Waals surface area contributed by atoms with Crippen LogP contribution in [0, 0.1) is 11.3 Å². The summed E-state index contributed by atoms with van der Waals surface area (Å²) in [5.41, 5.74) is -1.13. The lowest BCUT2D eigenvalue weighted by Gasteiger charge is -2.27.